The lowest BCUT2D eigenvalue weighted by Gasteiger charge is -2.14. The van der Waals surface area contributed by atoms with E-state index in [9.17, 15) is 31.2 Å². The van der Waals surface area contributed by atoms with Crippen molar-refractivity contribution in [3.8, 4) is 5.75 Å². The number of hydrogen-bond acceptors (Lipinski definition) is 6. The molecule has 2 aromatic carbocycles. The maximum absolute atomic E-state index is 12.4. The molecular weight excluding hydrogens is 367 g/mol. The van der Waals surface area contributed by atoms with Crippen LogP contribution in [0.1, 0.15) is 20.7 Å². The van der Waals surface area contributed by atoms with Crippen molar-refractivity contribution in [1.29, 1.82) is 0 Å². The number of halogens is 3. The van der Waals surface area contributed by atoms with E-state index in [1.54, 1.807) is 18.2 Å². The van der Waals surface area contributed by atoms with Crippen molar-refractivity contribution in [3.63, 3.8) is 0 Å². The van der Waals surface area contributed by atoms with Crippen LogP contribution in [0.15, 0.2) is 30.3 Å². The number of nitrogens with zero attached hydrogens (tertiary/aromatic N) is 1. The molecule has 1 aliphatic heterocycles. The first-order chi connectivity index (χ1) is 11.5. The average Bonchev–Trinajstić information content (AvgIpc) is 2.76. The summed E-state index contributed by atoms with van der Waals surface area (Å²) in [5.74, 6) is -2.15. The smallest absolute Gasteiger partial charge is 0.497 e. The second kappa shape index (κ2) is 5.43. The molecular formula is C14H8F3NO6S. The Labute approximate surface area is 138 Å². The summed E-state index contributed by atoms with van der Waals surface area (Å²) in [7, 11) is -4.74. The predicted molar refractivity (Wildman–Crippen MR) is 77.1 cm³/mol. The monoisotopic (exact) mass is 375 g/mol. The van der Waals surface area contributed by atoms with Crippen molar-refractivity contribution in [2.24, 2.45) is 0 Å². The van der Waals surface area contributed by atoms with Crippen molar-refractivity contribution >= 4 is 32.7 Å². The van der Waals surface area contributed by atoms with E-state index in [1.165, 1.54) is 19.2 Å². The fraction of sp³-hybridized carbons (Fsp3) is 0.143. The zero-order valence-corrected chi connectivity index (χ0v) is 13.1. The molecule has 0 spiro atoms. The number of rotatable bonds is 3. The van der Waals surface area contributed by atoms with Gasteiger partial charge in [-0.2, -0.15) is 21.6 Å². The topological polar surface area (TPSA) is 90.0 Å². The maximum Gasteiger partial charge on any atom is 0.525 e. The van der Waals surface area contributed by atoms with Crippen molar-refractivity contribution in [2.75, 3.05) is 7.11 Å². The van der Waals surface area contributed by atoms with Gasteiger partial charge in [-0.25, -0.2) is 0 Å². The highest BCUT2D eigenvalue weighted by Crippen LogP contribution is 2.33. The molecule has 0 saturated carbocycles. The van der Waals surface area contributed by atoms with E-state index in [-0.39, 0.29) is 11.1 Å². The molecule has 1 heterocycles. The molecule has 0 bridgehead atoms. The summed E-state index contributed by atoms with van der Waals surface area (Å²) in [5.41, 5.74) is -6.32. The van der Waals surface area contributed by atoms with Gasteiger partial charge >= 0.3 is 15.6 Å². The van der Waals surface area contributed by atoms with E-state index in [0.717, 1.165) is 0 Å². The van der Waals surface area contributed by atoms with Gasteiger partial charge in [0.2, 0.25) is 0 Å². The molecule has 25 heavy (non-hydrogen) atoms. The van der Waals surface area contributed by atoms with E-state index in [2.05, 4.69) is 4.28 Å². The number of ether oxygens (including phenoxy) is 1. The van der Waals surface area contributed by atoms with Gasteiger partial charge in [0.15, 0.2) is 0 Å². The normalized spacial score (nSPS) is 15.0. The molecule has 0 aromatic heterocycles. The SMILES string of the molecule is COc1ccc2cc3c(cc2c1)C(=O)N(OS(=O)(=O)C(F)(F)F)C3=O. The molecule has 0 saturated heterocycles. The number of benzene rings is 2. The van der Waals surface area contributed by atoms with Crippen LogP contribution in [-0.4, -0.2) is 37.9 Å². The highest BCUT2D eigenvalue weighted by Gasteiger charge is 2.52. The summed E-state index contributed by atoms with van der Waals surface area (Å²) in [6.45, 7) is 0. The Morgan fingerprint density at radius 1 is 0.960 bits per heavy atom. The second-order valence-corrected chi connectivity index (χ2v) is 6.51. The number of fused-ring (bicyclic) bond motifs is 2. The molecule has 132 valence electrons. The van der Waals surface area contributed by atoms with Gasteiger partial charge in [-0.05, 0) is 35.0 Å². The van der Waals surface area contributed by atoms with Crippen molar-refractivity contribution in [1.82, 2.24) is 5.06 Å². The van der Waals surface area contributed by atoms with E-state index >= 15 is 0 Å². The van der Waals surface area contributed by atoms with Crippen LogP contribution in [0, 0.1) is 0 Å². The van der Waals surface area contributed by atoms with E-state index in [4.69, 9.17) is 4.74 Å². The minimum Gasteiger partial charge on any atom is -0.497 e. The molecule has 3 rings (SSSR count). The number of carbonyl (C=O) groups excluding carboxylic acids is 2. The van der Waals surface area contributed by atoms with Crippen LogP contribution in [-0.2, 0) is 14.4 Å². The lowest BCUT2D eigenvalue weighted by atomic mass is 10.0. The Balaban J connectivity index is 2.06. The molecule has 2 amide bonds. The number of hydrogen-bond donors (Lipinski definition) is 0. The highest BCUT2D eigenvalue weighted by molar-refractivity contribution is 7.87. The van der Waals surface area contributed by atoms with Gasteiger partial charge in [-0.1, -0.05) is 6.07 Å². The Hall–Kier alpha value is -2.66. The highest BCUT2D eigenvalue weighted by atomic mass is 32.2. The lowest BCUT2D eigenvalue weighted by molar-refractivity contribution is -0.0748. The zero-order chi connectivity index (χ0) is 18.6. The van der Waals surface area contributed by atoms with Crippen LogP contribution >= 0.6 is 0 Å². The molecule has 2 aromatic rings. The van der Waals surface area contributed by atoms with Crippen LogP contribution in [0.2, 0.25) is 0 Å². The molecule has 0 aliphatic carbocycles. The van der Waals surface area contributed by atoms with Gasteiger partial charge in [0.1, 0.15) is 5.75 Å². The fourth-order valence-electron chi connectivity index (χ4n) is 2.28. The molecule has 7 nitrogen and oxygen atoms in total. The van der Waals surface area contributed by atoms with Gasteiger partial charge in [0, 0.05) is 0 Å². The summed E-state index contributed by atoms with van der Waals surface area (Å²) < 4.78 is 68.1. The van der Waals surface area contributed by atoms with Crippen LogP contribution in [0.25, 0.3) is 10.8 Å². The Morgan fingerprint density at radius 2 is 1.52 bits per heavy atom. The number of methoxy groups -OCH3 is 1. The van der Waals surface area contributed by atoms with Crippen LogP contribution in [0.4, 0.5) is 13.2 Å². The average molecular weight is 375 g/mol. The molecule has 11 heteroatoms. The minimum atomic E-state index is -6.16. The standard InChI is InChI=1S/C14H8F3NO6S/c1-23-9-3-2-7-5-10-11(6-8(7)4-9)13(20)18(12(10)19)24-25(21,22)14(15,16)17/h2-6H,1H3. The summed E-state index contributed by atoms with van der Waals surface area (Å²) in [6.07, 6.45) is 0. The van der Waals surface area contributed by atoms with E-state index in [1.807, 2.05) is 0 Å². The summed E-state index contributed by atoms with van der Waals surface area (Å²) in [5, 5.41) is 0.560. The third-order valence-electron chi connectivity index (χ3n) is 3.47. The third kappa shape index (κ3) is 2.70. The number of amides is 2. The van der Waals surface area contributed by atoms with E-state index < -0.39 is 32.5 Å². The Bertz CT molecular complexity index is 1020. The van der Waals surface area contributed by atoms with Crippen molar-refractivity contribution < 1.29 is 40.2 Å². The third-order valence-corrected chi connectivity index (χ3v) is 4.38. The molecule has 1 aliphatic rings. The molecule has 0 N–H and O–H groups in total. The van der Waals surface area contributed by atoms with Gasteiger partial charge in [0.05, 0.1) is 18.2 Å². The maximum atomic E-state index is 12.4. The van der Waals surface area contributed by atoms with Crippen molar-refractivity contribution in [2.45, 2.75) is 5.51 Å². The molecule has 0 radical (unpaired) electrons. The van der Waals surface area contributed by atoms with Crippen LogP contribution in [0.3, 0.4) is 0 Å². The second-order valence-electron chi connectivity index (χ2n) is 4.99. The number of imide groups is 1. The number of alkyl halides is 3. The quantitative estimate of drug-likeness (QED) is 0.604. The van der Waals surface area contributed by atoms with Crippen LogP contribution < -0.4 is 4.74 Å². The fourth-order valence-corrected chi connectivity index (χ4v) is 2.69. The molecule has 0 fully saturated rings. The summed E-state index contributed by atoms with van der Waals surface area (Å²) in [6, 6.07) is 7.20. The number of carbonyl (C=O) groups is 2. The van der Waals surface area contributed by atoms with E-state index in [0.29, 0.717) is 16.5 Å². The summed E-state index contributed by atoms with van der Waals surface area (Å²) in [4.78, 5) is 24.2. The van der Waals surface area contributed by atoms with Gasteiger partial charge in [0.25, 0.3) is 11.8 Å². The van der Waals surface area contributed by atoms with Gasteiger partial charge < -0.3 is 4.74 Å². The largest absolute Gasteiger partial charge is 0.525 e. The lowest BCUT2D eigenvalue weighted by Crippen LogP contribution is -2.37. The zero-order valence-electron chi connectivity index (χ0n) is 12.3. The van der Waals surface area contributed by atoms with Gasteiger partial charge in [-0.15, -0.1) is 9.35 Å². The Morgan fingerprint density at radius 3 is 2.04 bits per heavy atom. The van der Waals surface area contributed by atoms with Crippen LogP contribution in [0.5, 0.6) is 5.75 Å². The van der Waals surface area contributed by atoms with Gasteiger partial charge in [-0.3, -0.25) is 9.59 Å². The molecule has 0 unspecified atom stereocenters. The number of hydroxylamine groups is 2. The first-order valence-electron chi connectivity index (χ1n) is 6.56. The minimum absolute atomic E-state index is 0.264. The van der Waals surface area contributed by atoms with Crippen molar-refractivity contribution in [3.05, 3.63) is 41.5 Å². The first kappa shape index (κ1) is 17.2. The molecule has 0 atom stereocenters. The Kier molecular flexibility index (Phi) is 3.73. The first-order valence-corrected chi connectivity index (χ1v) is 7.97. The predicted octanol–water partition coefficient (Wildman–Crippen LogP) is 2.23. The summed E-state index contributed by atoms with van der Waals surface area (Å²) >= 11 is 0.